The van der Waals surface area contributed by atoms with Crippen molar-refractivity contribution in [1.29, 1.82) is 0 Å². The molecule has 1 aliphatic rings. The van der Waals surface area contributed by atoms with Crippen LogP contribution in [-0.2, 0) is 4.79 Å². The van der Waals surface area contributed by atoms with Crippen molar-refractivity contribution in [2.24, 2.45) is 5.73 Å². The van der Waals surface area contributed by atoms with Gasteiger partial charge in [-0.3, -0.25) is 9.59 Å². The fourth-order valence-electron chi connectivity index (χ4n) is 2.16. The van der Waals surface area contributed by atoms with Crippen LogP contribution in [0.15, 0.2) is 16.0 Å². The average Bonchev–Trinajstić information content (AvgIpc) is 3.17. The molecule has 1 saturated carbocycles. The average molecular weight is 310 g/mol. The number of nitrogens with one attached hydrogen (secondary N) is 2. The highest BCUT2D eigenvalue weighted by Gasteiger charge is 2.36. The summed E-state index contributed by atoms with van der Waals surface area (Å²) in [5.74, 6) is 0.475. The second-order valence-electron chi connectivity index (χ2n) is 5.76. The monoisotopic (exact) mass is 310 g/mol. The van der Waals surface area contributed by atoms with E-state index in [0.717, 1.165) is 25.0 Å². The van der Waals surface area contributed by atoms with Crippen LogP contribution < -0.4 is 16.6 Å². The molecule has 0 saturated heterocycles. The first kappa shape index (κ1) is 16.0. The van der Waals surface area contributed by atoms with Crippen LogP contribution in [0.4, 0.5) is 0 Å². The Morgan fingerprint density at radius 3 is 2.90 bits per heavy atom. The normalized spacial score (nSPS) is 17.4. The van der Waals surface area contributed by atoms with Gasteiger partial charge in [-0.25, -0.2) is 4.98 Å². The lowest BCUT2D eigenvalue weighted by Crippen LogP contribution is -2.54. The molecule has 1 heterocycles. The quantitative estimate of drug-likeness (QED) is 0.377. The fourth-order valence-corrected chi connectivity index (χ4v) is 3.02. The van der Waals surface area contributed by atoms with Gasteiger partial charge in [0.25, 0.3) is 5.56 Å². The third kappa shape index (κ3) is 4.86. The molecule has 1 aromatic rings. The van der Waals surface area contributed by atoms with Crippen molar-refractivity contribution >= 4 is 17.7 Å². The molecule has 1 aromatic heterocycles. The zero-order valence-corrected chi connectivity index (χ0v) is 13.3. The van der Waals surface area contributed by atoms with Gasteiger partial charge in [0.1, 0.15) is 0 Å². The van der Waals surface area contributed by atoms with E-state index >= 15 is 0 Å². The number of H-pyrrole nitrogens is 1. The van der Waals surface area contributed by atoms with Crippen molar-refractivity contribution < 1.29 is 4.79 Å². The number of carbonyl (C=O) groups is 1. The molecule has 1 aliphatic carbocycles. The Morgan fingerprint density at radius 1 is 1.62 bits per heavy atom. The topological polar surface area (TPSA) is 101 Å². The molecule has 1 atom stereocenters. The summed E-state index contributed by atoms with van der Waals surface area (Å²) in [5.41, 5.74) is 5.44. The minimum Gasteiger partial charge on any atom is -0.368 e. The van der Waals surface area contributed by atoms with Gasteiger partial charge in [-0.05, 0) is 39.5 Å². The SMILES string of the molecule is Cc1cc(=O)[nH]c(SCCCC(C)(NC2CC2)C(N)=O)n1. The second kappa shape index (κ2) is 6.62. The number of amides is 1. The number of carbonyl (C=O) groups excluding carboxylic acids is 1. The van der Waals surface area contributed by atoms with Gasteiger partial charge in [-0.15, -0.1) is 0 Å². The molecule has 1 fully saturated rings. The van der Waals surface area contributed by atoms with Crippen LogP contribution in [0.5, 0.6) is 0 Å². The van der Waals surface area contributed by atoms with Crippen molar-refractivity contribution in [3.8, 4) is 0 Å². The fraction of sp³-hybridized carbons (Fsp3) is 0.643. The van der Waals surface area contributed by atoms with Crippen LogP contribution in [0.3, 0.4) is 0 Å². The first-order valence-corrected chi connectivity index (χ1v) is 8.16. The molecule has 1 amide bonds. The molecule has 0 spiro atoms. The molecule has 0 radical (unpaired) electrons. The molecular weight excluding hydrogens is 288 g/mol. The molecule has 1 unspecified atom stereocenters. The number of aryl methyl sites for hydroxylation is 1. The van der Waals surface area contributed by atoms with Gasteiger partial charge in [-0.1, -0.05) is 11.8 Å². The highest BCUT2D eigenvalue weighted by atomic mass is 32.2. The molecule has 7 heteroatoms. The zero-order valence-electron chi connectivity index (χ0n) is 12.4. The summed E-state index contributed by atoms with van der Waals surface area (Å²) in [4.78, 5) is 29.9. The highest BCUT2D eigenvalue weighted by molar-refractivity contribution is 7.99. The second-order valence-corrected chi connectivity index (χ2v) is 6.84. The Kier molecular flexibility index (Phi) is 5.05. The van der Waals surface area contributed by atoms with Crippen LogP contribution in [0.2, 0.25) is 0 Å². The lowest BCUT2D eigenvalue weighted by atomic mass is 9.95. The van der Waals surface area contributed by atoms with Crippen LogP contribution in [0.1, 0.15) is 38.3 Å². The van der Waals surface area contributed by atoms with E-state index in [0.29, 0.717) is 23.3 Å². The smallest absolute Gasteiger partial charge is 0.251 e. The number of hydrogen-bond acceptors (Lipinski definition) is 5. The standard InChI is InChI=1S/C14H22N4O2S/c1-9-8-11(19)17-13(16-9)21-7-3-6-14(2,12(15)20)18-10-4-5-10/h8,10,18H,3-7H2,1-2H3,(H2,15,20)(H,16,17,19). The molecule has 6 nitrogen and oxygen atoms in total. The lowest BCUT2D eigenvalue weighted by molar-refractivity contribution is -0.124. The van der Waals surface area contributed by atoms with E-state index < -0.39 is 5.54 Å². The number of nitrogens with two attached hydrogens (primary N) is 1. The molecule has 0 aliphatic heterocycles. The maximum Gasteiger partial charge on any atom is 0.251 e. The third-order valence-electron chi connectivity index (χ3n) is 3.55. The van der Waals surface area contributed by atoms with Crippen LogP contribution >= 0.6 is 11.8 Å². The Hall–Kier alpha value is -1.34. The van der Waals surface area contributed by atoms with Crippen molar-refractivity contribution in [2.75, 3.05) is 5.75 Å². The number of aromatic amines is 1. The number of rotatable bonds is 8. The molecular formula is C14H22N4O2S. The van der Waals surface area contributed by atoms with Gasteiger partial charge in [-0.2, -0.15) is 0 Å². The van der Waals surface area contributed by atoms with Crippen LogP contribution in [0.25, 0.3) is 0 Å². The summed E-state index contributed by atoms with van der Waals surface area (Å²) in [6.07, 6.45) is 3.74. The first-order chi connectivity index (χ1) is 9.89. The maximum absolute atomic E-state index is 11.6. The molecule has 2 rings (SSSR count). The van der Waals surface area contributed by atoms with Gasteiger partial charge >= 0.3 is 0 Å². The van der Waals surface area contributed by atoms with E-state index in [4.69, 9.17) is 5.73 Å². The lowest BCUT2D eigenvalue weighted by Gasteiger charge is -2.27. The van der Waals surface area contributed by atoms with E-state index in [9.17, 15) is 9.59 Å². The molecule has 21 heavy (non-hydrogen) atoms. The Balaban J connectivity index is 1.82. The van der Waals surface area contributed by atoms with Crippen molar-refractivity contribution in [3.05, 3.63) is 22.1 Å². The maximum atomic E-state index is 11.6. The minimum absolute atomic E-state index is 0.137. The number of nitrogens with zero attached hydrogens (tertiary/aromatic N) is 1. The van der Waals surface area contributed by atoms with Gasteiger partial charge in [0, 0.05) is 23.6 Å². The highest BCUT2D eigenvalue weighted by Crippen LogP contribution is 2.25. The minimum atomic E-state index is -0.644. The van der Waals surface area contributed by atoms with E-state index in [1.54, 1.807) is 6.92 Å². The summed E-state index contributed by atoms with van der Waals surface area (Å²) in [6, 6.07) is 1.90. The number of primary amides is 1. The van der Waals surface area contributed by atoms with Gasteiger partial charge in [0.05, 0.1) is 5.54 Å². The molecule has 116 valence electrons. The van der Waals surface area contributed by atoms with E-state index in [1.807, 2.05) is 6.92 Å². The van der Waals surface area contributed by atoms with Crippen molar-refractivity contribution in [2.45, 2.75) is 56.3 Å². The Morgan fingerprint density at radius 2 is 2.33 bits per heavy atom. The zero-order chi connectivity index (χ0) is 15.5. The van der Waals surface area contributed by atoms with Crippen LogP contribution in [-0.4, -0.2) is 33.2 Å². The largest absolute Gasteiger partial charge is 0.368 e. The molecule has 4 N–H and O–H groups in total. The van der Waals surface area contributed by atoms with E-state index in [2.05, 4.69) is 15.3 Å². The van der Waals surface area contributed by atoms with Crippen molar-refractivity contribution in [1.82, 2.24) is 15.3 Å². The van der Waals surface area contributed by atoms with Gasteiger partial charge < -0.3 is 16.0 Å². The van der Waals surface area contributed by atoms with Gasteiger partial charge in [0.2, 0.25) is 5.91 Å². The predicted molar refractivity (Wildman–Crippen MR) is 83.3 cm³/mol. The number of hydrogen-bond donors (Lipinski definition) is 3. The first-order valence-electron chi connectivity index (χ1n) is 7.17. The van der Waals surface area contributed by atoms with Gasteiger partial charge in [0.15, 0.2) is 5.16 Å². The van der Waals surface area contributed by atoms with Crippen LogP contribution in [0, 0.1) is 6.92 Å². The summed E-state index contributed by atoms with van der Waals surface area (Å²) in [7, 11) is 0. The Labute approximate surface area is 128 Å². The van der Waals surface area contributed by atoms with Crippen molar-refractivity contribution in [3.63, 3.8) is 0 Å². The third-order valence-corrected chi connectivity index (χ3v) is 4.51. The number of thioether (sulfide) groups is 1. The Bertz CT molecular complexity index is 570. The van der Waals surface area contributed by atoms with E-state index in [-0.39, 0.29) is 11.5 Å². The number of aromatic nitrogens is 2. The molecule has 0 aromatic carbocycles. The summed E-state index contributed by atoms with van der Waals surface area (Å²) >= 11 is 1.49. The van der Waals surface area contributed by atoms with E-state index in [1.165, 1.54) is 17.8 Å². The summed E-state index contributed by atoms with van der Waals surface area (Å²) < 4.78 is 0. The summed E-state index contributed by atoms with van der Waals surface area (Å²) in [6.45, 7) is 3.66. The molecule has 0 bridgehead atoms. The predicted octanol–water partition coefficient (Wildman–Crippen LogP) is 0.947. The summed E-state index contributed by atoms with van der Waals surface area (Å²) in [5, 5.41) is 3.95.